The summed E-state index contributed by atoms with van der Waals surface area (Å²) in [5.41, 5.74) is 5.01. The fourth-order valence-electron chi connectivity index (χ4n) is 1.87. The minimum absolute atomic E-state index is 0.700. The van der Waals surface area contributed by atoms with Crippen LogP contribution in [0.1, 0.15) is 11.3 Å². The van der Waals surface area contributed by atoms with Crippen LogP contribution < -0.4 is 5.32 Å². The van der Waals surface area contributed by atoms with E-state index in [1.807, 2.05) is 37.4 Å². The molecule has 19 heavy (non-hydrogen) atoms. The van der Waals surface area contributed by atoms with Crippen LogP contribution >= 0.6 is 0 Å². The smallest absolute Gasteiger partial charge is 0.0907 e. The average molecular weight is 250 g/mol. The van der Waals surface area contributed by atoms with E-state index in [-0.39, 0.29) is 0 Å². The van der Waals surface area contributed by atoms with Crippen LogP contribution in [0.25, 0.3) is 11.0 Å². The second-order valence-corrected chi connectivity index (χ2v) is 4.44. The molecule has 4 heteroatoms. The molecule has 0 aliphatic heterocycles. The molecule has 0 bridgehead atoms. The van der Waals surface area contributed by atoms with E-state index in [1.165, 1.54) is 5.56 Å². The van der Waals surface area contributed by atoms with Gasteiger partial charge in [-0.2, -0.15) is 0 Å². The van der Waals surface area contributed by atoms with Crippen molar-refractivity contribution in [2.24, 2.45) is 0 Å². The van der Waals surface area contributed by atoms with Gasteiger partial charge in [-0.1, -0.05) is 6.07 Å². The van der Waals surface area contributed by atoms with Crippen LogP contribution in [0.5, 0.6) is 0 Å². The Labute approximate surface area is 111 Å². The number of rotatable bonds is 3. The highest BCUT2D eigenvalue weighted by molar-refractivity contribution is 5.78. The van der Waals surface area contributed by atoms with Crippen LogP contribution in [-0.4, -0.2) is 15.0 Å². The van der Waals surface area contributed by atoms with Gasteiger partial charge in [0, 0.05) is 24.3 Å². The lowest BCUT2D eigenvalue weighted by Gasteiger charge is -2.06. The lowest BCUT2D eigenvalue weighted by Crippen LogP contribution is -2.01. The minimum atomic E-state index is 0.700. The number of hydrogen-bond donors (Lipinski definition) is 1. The second-order valence-electron chi connectivity index (χ2n) is 4.44. The van der Waals surface area contributed by atoms with E-state index >= 15 is 0 Å². The molecular weight excluding hydrogens is 236 g/mol. The number of aryl methyl sites for hydroxylation is 1. The van der Waals surface area contributed by atoms with Crippen molar-refractivity contribution in [3.8, 4) is 0 Å². The van der Waals surface area contributed by atoms with Crippen molar-refractivity contribution in [3.63, 3.8) is 0 Å². The quantitative estimate of drug-likeness (QED) is 0.776. The summed E-state index contributed by atoms with van der Waals surface area (Å²) in [5.74, 6) is 0. The maximum atomic E-state index is 4.37. The lowest BCUT2D eigenvalue weighted by atomic mass is 10.2. The van der Waals surface area contributed by atoms with Gasteiger partial charge in [0.1, 0.15) is 0 Å². The molecule has 3 aromatic rings. The molecule has 1 N–H and O–H groups in total. The lowest BCUT2D eigenvalue weighted by molar-refractivity contribution is 1.04. The topological polar surface area (TPSA) is 50.7 Å². The van der Waals surface area contributed by atoms with Gasteiger partial charge in [-0.05, 0) is 36.8 Å². The Morgan fingerprint density at radius 2 is 1.79 bits per heavy atom. The summed E-state index contributed by atoms with van der Waals surface area (Å²) in [6.07, 6.45) is 5.28. The zero-order chi connectivity index (χ0) is 13.1. The molecule has 0 fully saturated rings. The van der Waals surface area contributed by atoms with Crippen molar-refractivity contribution in [3.05, 3.63) is 60.2 Å². The van der Waals surface area contributed by atoms with Crippen LogP contribution in [0.4, 0.5) is 5.69 Å². The predicted molar refractivity (Wildman–Crippen MR) is 75.8 cm³/mol. The maximum Gasteiger partial charge on any atom is 0.0907 e. The normalized spacial score (nSPS) is 10.6. The van der Waals surface area contributed by atoms with Crippen molar-refractivity contribution in [2.45, 2.75) is 13.5 Å². The molecule has 0 radical (unpaired) electrons. The molecule has 2 heterocycles. The zero-order valence-corrected chi connectivity index (χ0v) is 10.7. The van der Waals surface area contributed by atoms with Crippen molar-refractivity contribution in [1.82, 2.24) is 15.0 Å². The van der Waals surface area contributed by atoms with E-state index in [4.69, 9.17) is 0 Å². The number of anilines is 1. The number of benzene rings is 1. The van der Waals surface area contributed by atoms with Crippen molar-refractivity contribution in [2.75, 3.05) is 5.32 Å². The standard InChI is InChI=1S/C15H14N4/c1-11-2-3-13(18-9-11)10-19-12-4-5-14-15(8-12)17-7-6-16-14/h2-9,19H,10H2,1H3. The Balaban J connectivity index is 1.76. The van der Waals surface area contributed by atoms with Crippen molar-refractivity contribution < 1.29 is 0 Å². The van der Waals surface area contributed by atoms with Gasteiger partial charge in [0.15, 0.2) is 0 Å². The highest BCUT2D eigenvalue weighted by Gasteiger charge is 1.99. The summed E-state index contributed by atoms with van der Waals surface area (Å²) in [4.78, 5) is 12.9. The minimum Gasteiger partial charge on any atom is -0.379 e. The summed E-state index contributed by atoms with van der Waals surface area (Å²) < 4.78 is 0. The van der Waals surface area contributed by atoms with Gasteiger partial charge in [0.2, 0.25) is 0 Å². The van der Waals surface area contributed by atoms with Crippen LogP contribution in [0, 0.1) is 6.92 Å². The van der Waals surface area contributed by atoms with Gasteiger partial charge in [0.25, 0.3) is 0 Å². The van der Waals surface area contributed by atoms with E-state index in [0.717, 1.165) is 22.4 Å². The van der Waals surface area contributed by atoms with Crippen LogP contribution in [0.15, 0.2) is 48.9 Å². The Hall–Kier alpha value is -2.49. The molecule has 4 nitrogen and oxygen atoms in total. The molecule has 2 aromatic heterocycles. The number of hydrogen-bond acceptors (Lipinski definition) is 4. The second kappa shape index (κ2) is 5.02. The number of nitrogens with zero attached hydrogens (tertiary/aromatic N) is 3. The molecule has 94 valence electrons. The molecule has 0 aliphatic carbocycles. The average Bonchev–Trinajstić information content (AvgIpc) is 2.46. The Morgan fingerprint density at radius 1 is 0.947 bits per heavy atom. The van der Waals surface area contributed by atoms with Crippen molar-refractivity contribution >= 4 is 16.7 Å². The van der Waals surface area contributed by atoms with Crippen LogP contribution in [0.2, 0.25) is 0 Å². The molecule has 0 amide bonds. The van der Waals surface area contributed by atoms with Gasteiger partial charge in [0.05, 0.1) is 23.3 Å². The maximum absolute atomic E-state index is 4.37. The first-order chi connectivity index (χ1) is 9.31. The first kappa shape index (κ1) is 11.6. The van der Waals surface area contributed by atoms with Gasteiger partial charge < -0.3 is 5.32 Å². The van der Waals surface area contributed by atoms with E-state index < -0.39 is 0 Å². The first-order valence-corrected chi connectivity index (χ1v) is 6.17. The number of nitrogens with one attached hydrogen (secondary N) is 1. The highest BCUT2D eigenvalue weighted by atomic mass is 14.9. The highest BCUT2D eigenvalue weighted by Crippen LogP contribution is 2.15. The van der Waals surface area contributed by atoms with Gasteiger partial charge in [-0.15, -0.1) is 0 Å². The summed E-state index contributed by atoms with van der Waals surface area (Å²) in [7, 11) is 0. The van der Waals surface area contributed by atoms with Gasteiger partial charge in [-0.3, -0.25) is 15.0 Å². The molecule has 0 saturated carbocycles. The fourth-order valence-corrected chi connectivity index (χ4v) is 1.87. The molecule has 0 spiro atoms. The van der Waals surface area contributed by atoms with Crippen molar-refractivity contribution in [1.29, 1.82) is 0 Å². The largest absolute Gasteiger partial charge is 0.379 e. The third kappa shape index (κ3) is 2.68. The third-order valence-electron chi connectivity index (χ3n) is 2.92. The fraction of sp³-hybridized carbons (Fsp3) is 0.133. The molecule has 0 saturated heterocycles. The summed E-state index contributed by atoms with van der Waals surface area (Å²) in [6.45, 7) is 2.73. The Morgan fingerprint density at radius 3 is 2.58 bits per heavy atom. The van der Waals surface area contributed by atoms with Gasteiger partial charge >= 0.3 is 0 Å². The summed E-state index contributed by atoms with van der Waals surface area (Å²) >= 11 is 0. The summed E-state index contributed by atoms with van der Waals surface area (Å²) in [5, 5.41) is 3.34. The number of fused-ring (bicyclic) bond motifs is 1. The number of aromatic nitrogens is 3. The monoisotopic (exact) mass is 250 g/mol. The Bertz CT molecular complexity index is 692. The SMILES string of the molecule is Cc1ccc(CNc2ccc3nccnc3c2)nc1. The molecular formula is C15H14N4. The molecule has 0 aliphatic rings. The number of pyridine rings is 1. The van der Waals surface area contributed by atoms with Gasteiger partial charge in [-0.25, -0.2) is 0 Å². The molecule has 0 atom stereocenters. The first-order valence-electron chi connectivity index (χ1n) is 6.17. The predicted octanol–water partition coefficient (Wildman–Crippen LogP) is 2.95. The molecule has 0 unspecified atom stereocenters. The van der Waals surface area contributed by atoms with E-state index in [1.54, 1.807) is 12.4 Å². The summed E-state index contributed by atoms with van der Waals surface area (Å²) in [6, 6.07) is 10.1. The molecule has 3 rings (SSSR count). The molecule has 1 aromatic carbocycles. The van der Waals surface area contributed by atoms with Crippen LogP contribution in [-0.2, 0) is 6.54 Å². The van der Waals surface area contributed by atoms with E-state index in [9.17, 15) is 0 Å². The van der Waals surface area contributed by atoms with Crippen LogP contribution in [0.3, 0.4) is 0 Å². The Kier molecular flexibility index (Phi) is 3.06. The van der Waals surface area contributed by atoms with E-state index in [2.05, 4.69) is 26.3 Å². The zero-order valence-electron chi connectivity index (χ0n) is 10.7. The van der Waals surface area contributed by atoms with E-state index in [0.29, 0.717) is 6.54 Å². The third-order valence-corrected chi connectivity index (χ3v) is 2.92.